The molecule has 19 heavy (non-hydrogen) atoms. The van der Waals surface area contributed by atoms with Crippen LogP contribution < -0.4 is 16.2 Å². The van der Waals surface area contributed by atoms with E-state index < -0.39 is 0 Å². The van der Waals surface area contributed by atoms with Gasteiger partial charge < -0.3 is 16.2 Å². The number of anilines is 2. The zero-order chi connectivity index (χ0) is 13.2. The van der Waals surface area contributed by atoms with Gasteiger partial charge in [0, 0.05) is 23.7 Å². The number of rotatable bonds is 2. The summed E-state index contributed by atoms with van der Waals surface area (Å²) in [7, 11) is 0. The fourth-order valence-corrected chi connectivity index (χ4v) is 1.74. The summed E-state index contributed by atoms with van der Waals surface area (Å²) in [6.07, 6.45) is 1.73. The maximum atomic E-state index is 5.60. The Labute approximate surface area is 109 Å². The van der Waals surface area contributed by atoms with E-state index in [0.717, 1.165) is 10.9 Å². The number of nitrogens with zero attached hydrogens (tertiary/aromatic N) is 3. The molecule has 94 valence electrons. The van der Waals surface area contributed by atoms with Gasteiger partial charge in [0.1, 0.15) is 11.6 Å². The van der Waals surface area contributed by atoms with E-state index in [-0.39, 0.29) is 11.8 Å². The third-order valence-electron chi connectivity index (χ3n) is 2.54. The van der Waals surface area contributed by atoms with Gasteiger partial charge >= 0.3 is 0 Å². The molecular formula is C13H11N5O. The summed E-state index contributed by atoms with van der Waals surface area (Å²) >= 11 is 0. The van der Waals surface area contributed by atoms with Crippen LogP contribution in [0.4, 0.5) is 11.8 Å². The summed E-state index contributed by atoms with van der Waals surface area (Å²) in [6, 6.07) is 11.0. The summed E-state index contributed by atoms with van der Waals surface area (Å²) in [5.41, 5.74) is 11.9. The molecule has 3 rings (SSSR count). The van der Waals surface area contributed by atoms with Crippen molar-refractivity contribution in [3.63, 3.8) is 0 Å². The summed E-state index contributed by atoms with van der Waals surface area (Å²) in [4.78, 5) is 12.0. The molecule has 0 amide bonds. The molecule has 0 spiro atoms. The Morgan fingerprint density at radius 3 is 2.74 bits per heavy atom. The van der Waals surface area contributed by atoms with Crippen LogP contribution in [0.15, 0.2) is 42.6 Å². The smallest absolute Gasteiger partial charge is 0.226 e. The first kappa shape index (κ1) is 11.2. The quantitative estimate of drug-likeness (QED) is 0.724. The lowest BCUT2D eigenvalue weighted by Gasteiger charge is -2.06. The third kappa shape index (κ3) is 2.37. The minimum absolute atomic E-state index is 0.0777. The van der Waals surface area contributed by atoms with E-state index in [1.807, 2.05) is 30.3 Å². The van der Waals surface area contributed by atoms with E-state index in [2.05, 4.69) is 15.0 Å². The van der Waals surface area contributed by atoms with Gasteiger partial charge in [-0.1, -0.05) is 6.07 Å². The lowest BCUT2D eigenvalue weighted by atomic mass is 10.2. The van der Waals surface area contributed by atoms with Gasteiger partial charge in [0.25, 0.3) is 0 Å². The van der Waals surface area contributed by atoms with Crippen LogP contribution in [-0.4, -0.2) is 15.0 Å². The van der Waals surface area contributed by atoms with Crippen molar-refractivity contribution in [3.8, 4) is 11.6 Å². The number of ether oxygens (including phenoxy) is 1. The molecular weight excluding hydrogens is 242 g/mol. The zero-order valence-electron chi connectivity index (χ0n) is 9.95. The Morgan fingerprint density at radius 1 is 1.00 bits per heavy atom. The summed E-state index contributed by atoms with van der Waals surface area (Å²) in [5, 5.41) is 1.04. The zero-order valence-corrected chi connectivity index (χ0v) is 9.95. The van der Waals surface area contributed by atoms with Crippen molar-refractivity contribution >= 4 is 22.7 Å². The lowest BCUT2D eigenvalue weighted by molar-refractivity contribution is 0.463. The first-order chi connectivity index (χ1) is 9.20. The van der Waals surface area contributed by atoms with E-state index in [9.17, 15) is 0 Å². The topological polar surface area (TPSA) is 99.9 Å². The van der Waals surface area contributed by atoms with Gasteiger partial charge in [-0.3, -0.25) is 4.98 Å². The molecule has 4 N–H and O–H groups in total. The molecule has 0 radical (unpaired) electrons. The summed E-state index contributed by atoms with van der Waals surface area (Å²) < 4.78 is 5.60. The Hall–Kier alpha value is -2.89. The lowest BCUT2D eigenvalue weighted by Crippen LogP contribution is -2.00. The summed E-state index contributed by atoms with van der Waals surface area (Å²) in [6.45, 7) is 0. The maximum Gasteiger partial charge on any atom is 0.226 e. The number of aromatic nitrogens is 3. The molecule has 2 heterocycles. The Balaban J connectivity index is 1.96. The third-order valence-corrected chi connectivity index (χ3v) is 2.54. The average molecular weight is 253 g/mol. The van der Waals surface area contributed by atoms with Crippen LogP contribution in [0.3, 0.4) is 0 Å². The standard InChI is InChI=1S/C13H11N5O/c14-11-7-12(18-13(15)17-11)19-9-4-3-8-2-1-5-16-10(8)6-9/h1-7H,(H4,14,15,17,18). The van der Waals surface area contributed by atoms with Crippen LogP contribution in [0.2, 0.25) is 0 Å². The molecule has 0 saturated heterocycles. The number of pyridine rings is 1. The van der Waals surface area contributed by atoms with Gasteiger partial charge in [0.05, 0.1) is 5.52 Å². The molecule has 0 saturated carbocycles. The van der Waals surface area contributed by atoms with Gasteiger partial charge in [-0.2, -0.15) is 9.97 Å². The highest BCUT2D eigenvalue weighted by Gasteiger charge is 2.04. The van der Waals surface area contributed by atoms with Crippen LogP contribution in [0, 0.1) is 0 Å². The highest BCUT2D eigenvalue weighted by atomic mass is 16.5. The number of hydrogen-bond donors (Lipinski definition) is 2. The second kappa shape index (κ2) is 4.41. The fraction of sp³-hybridized carbons (Fsp3) is 0. The van der Waals surface area contributed by atoms with Crippen molar-refractivity contribution in [2.24, 2.45) is 0 Å². The maximum absolute atomic E-state index is 5.60. The van der Waals surface area contributed by atoms with Crippen LogP contribution in [0.5, 0.6) is 11.6 Å². The molecule has 6 nitrogen and oxygen atoms in total. The molecule has 2 aromatic heterocycles. The van der Waals surface area contributed by atoms with E-state index in [1.54, 1.807) is 6.20 Å². The molecule has 0 aliphatic rings. The molecule has 0 fully saturated rings. The van der Waals surface area contributed by atoms with Crippen molar-refractivity contribution in [1.29, 1.82) is 0 Å². The molecule has 6 heteroatoms. The normalized spacial score (nSPS) is 10.5. The minimum atomic E-state index is 0.0777. The molecule has 1 aromatic carbocycles. The van der Waals surface area contributed by atoms with E-state index in [1.165, 1.54) is 6.07 Å². The number of hydrogen-bond acceptors (Lipinski definition) is 6. The Morgan fingerprint density at radius 2 is 1.89 bits per heavy atom. The predicted molar refractivity (Wildman–Crippen MR) is 72.7 cm³/mol. The predicted octanol–water partition coefficient (Wildman–Crippen LogP) is 1.98. The van der Waals surface area contributed by atoms with Crippen LogP contribution >= 0.6 is 0 Å². The SMILES string of the molecule is Nc1cc(Oc2ccc3cccnc3c2)nc(N)n1. The largest absolute Gasteiger partial charge is 0.439 e. The Bertz CT molecular complexity index is 724. The monoisotopic (exact) mass is 253 g/mol. The molecule has 0 unspecified atom stereocenters. The van der Waals surface area contributed by atoms with Crippen LogP contribution in [-0.2, 0) is 0 Å². The van der Waals surface area contributed by atoms with Crippen molar-refractivity contribution in [2.75, 3.05) is 11.5 Å². The van der Waals surface area contributed by atoms with E-state index >= 15 is 0 Å². The van der Waals surface area contributed by atoms with Gasteiger partial charge in [0.2, 0.25) is 11.8 Å². The number of nitrogens with two attached hydrogens (primary N) is 2. The van der Waals surface area contributed by atoms with Crippen molar-refractivity contribution in [1.82, 2.24) is 15.0 Å². The Kier molecular flexibility index (Phi) is 2.60. The number of nitrogen functional groups attached to an aromatic ring is 2. The number of fused-ring (bicyclic) bond motifs is 1. The van der Waals surface area contributed by atoms with Gasteiger partial charge in [-0.25, -0.2) is 0 Å². The number of benzene rings is 1. The van der Waals surface area contributed by atoms with Crippen molar-refractivity contribution in [3.05, 3.63) is 42.6 Å². The molecule has 0 aliphatic heterocycles. The van der Waals surface area contributed by atoms with E-state index in [0.29, 0.717) is 11.6 Å². The van der Waals surface area contributed by atoms with Crippen LogP contribution in [0.1, 0.15) is 0 Å². The fourth-order valence-electron chi connectivity index (χ4n) is 1.74. The van der Waals surface area contributed by atoms with Gasteiger partial charge in [-0.15, -0.1) is 0 Å². The highest BCUT2D eigenvalue weighted by Crippen LogP contribution is 2.24. The van der Waals surface area contributed by atoms with Crippen molar-refractivity contribution < 1.29 is 4.74 Å². The first-order valence-corrected chi connectivity index (χ1v) is 5.63. The van der Waals surface area contributed by atoms with Crippen LogP contribution in [0.25, 0.3) is 10.9 Å². The van der Waals surface area contributed by atoms with Crippen molar-refractivity contribution in [2.45, 2.75) is 0 Å². The van der Waals surface area contributed by atoms with Gasteiger partial charge in [-0.05, 0) is 18.2 Å². The second-order valence-electron chi connectivity index (χ2n) is 3.95. The molecule has 0 bridgehead atoms. The average Bonchev–Trinajstić information content (AvgIpc) is 2.37. The molecule has 0 atom stereocenters. The highest BCUT2D eigenvalue weighted by molar-refractivity contribution is 5.79. The summed E-state index contributed by atoms with van der Waals surface area (Å²) in [5.74, 6) is 1.26. The first-order valence-electron chi connectivity index (χ1n) is 5.63. The minimum Gasteiger partial charge on any atom is -0.439 e. The van der Waals surface area contributed by atoms with E-state index in [4.69, 9.17) is 16.2 Å². The van der Waals surface area contributed by atoms with Gasteiger partial charge in [0.15, 0.2) is 0 Å². The molecule has 3 aromatic rings. The molecule has 0 aliphatic carbocycles. The second-order valence-corrected chi connectivity index (χ2v) is 3.95.